The molecule has 2 saturated heterocycles. The van der Waals surface area contributed by atoms with Crippen molar-refractivity contribution in [2.24, 2.45) is 5.92 Å². The highest BCUT2D eigenvalue weighted by Crippen LogP contribution is 2.36. The second kappa shape index (κ2) is 15.9. The molecular formula is C31H49ClN4O5. The summed E-state index contributed by atoms with van der Waals surface area (Å²) < 4.78 is 5.02. The molecule has 41 heavy (non-hydrogen) atoms. The molecule has 3 fully saturated rings. The van der Waals surface area contributed by atoms with E-state index >= 15 is 0 Å². The number of aliphatic hydroxyl groups excluding tert-OH is 1. The number of amides is 3. The van der Waals surface area contributed by atoms with E-state index in [2.05, 4.69) is 22.5 Å². The Morgan fingerprint density at radius 3 is 2.44 bits per heavy atom. The Bertz CT molecular complexity index is 993. The highest BCUT2D eigenvalue weighted by Gasteiger charge is 2.55. The molecule has 0 radical (unpaired) electrons. The number of hydrogen-bond donors (Lipinski definition) is 3. The second-order valence-electron chi connectivity index (χ2n) is 11.8. The fraction of sp³-hybridized carbons (Fsp3) is 0.710. The molecule has 9 nitrogen and oxygen atoms in total. The zero-order valence-electron chi connectivity index (χ0n) is 24.7. The lowest BCUT2D eigenvalue weighted by atomic mass is 9.78. The minimum absolute atomic E-state index is 0. The molecule has 1 saturated carbocycles. The van der Waals surface area contributed by atoms with Gasteiger partial charge in [-0.05, 0) is 62.1 Å². The Morgan fingerprint density at radius 2 is 1.80 bits per heavy atom. The van der Waals surface area contributed by atoms with Crippen molar-refractivity contribution in [1.82, 2.24) is 20.4 Å². The van der Waals surface area contributed by atoms with Gasteiger partial charge in [-0.3, -0.25) is 19.3 Å². The quantitative estimate of drug-likeness (QED) is 0.321. The first-order chi connectivity index (χ1) is 19.4. The van der Waals surface area contributed by atoms with Crippen molar-refractivity contribution in [3.63, 3.8) is 0 Å². The number of piperazine rings is 1. The molecule has 230 valence electrons. The van der Waals surface area contributed by atoms with Crippen molar-refractivity contribution < 1.29 is 24.2 Å². The van der Waals surface area contributed by atoms with Gasteiger partial charge < -0.3 is 25.4 Å². The van der Waals surface area contributed by atoms with Gasteiger partial charge in [-0.15, -0.1) is 12.4 Å². The molecule has 1 spiro atoms. The minimum Gasteiger partial charge on any atom is -0.390 e. The van der Waals surface area contributed by atoms with E-state index in [-0.39, 0.29) is 36.0 Å². The van der Waals surface area contributed by atoms with Crippen molar-refractivity contribution in [3.8, 4) is 0 Å². The SMILES string of the molecule is CCCCN1C(=O)[C@@H]([C@H](O)C2CCCCC2)NC(=O)C12CCN(Cc1ccc(C(=O)NCCCOC)cc1)CC2.Cl. The summed E-state index contributed by atoms with van der Waals surface area (Å²) in [7, 11) is 1.65. The number of nitrogens with zero attached hydrogens (tertiary/aromatic N) is 2. The van der Waals surface area contributed by atoms with Crippen molar-refractivity contribution >= 4 is 30.1 Å². The highest BCUT2D eigenvalue weighted by molar-refractivity contribution is 6.00. The first-order valence-corrected chi connectivity index (χ1v) is 15.3. The van der Waals surface area contributed by atoms with Crippen LogP contribution in [0, 0.1) is 5.92 Å². The third kappa shape index (κ3) is 8.00. The van der Waals surface area contributed by atoms with Crippen LogP contribution in [0.1, 0.15) is 87.1 Å². The lowest BCUT2D eigenvalue weighted by molar-refractivity contribution is -0.166. The van der Waals surface area contributed by atoms with Crippen molar-refractivity contribution in [2.75, 3.05) is 39.9 Å². The number of nitrogens with one attached hydrogen (secondary N) is 2. The lowest BCUT2D eigenvalue weighted by Gasteiger charge is -2.52. The van der Waals surface area contributed by atoms with Crippen molar-refractivity contribution in [1.29, 1.82) is 0 Å². The maximum atomic E-state index is 13.8. The van der Waals surface area contributed by atoms with Gasteiger partial charge in [0.1, 0.15) is 11.6 Å². The number of hydrogen-bond acceptors (Lipinski definition) is 6. The van der Waals surface area contributed by atoms with E-state index in [1.165, 1.54) is 6.42 Å². The van der Waals surface area contributed by atoms with Gasteiger partial charge in [0.25, 0.3) is 5.91 Å². The predicted octanol–water partition coefficient (Wildman–Crippen LogP) is 3.28. The number of carbonyl (C=O) groups excluding carboxylic acids is 3. The van der Waals surface area contributed by atoms with E-state index < -0.39 is 17.7 Å². The van der Waals surface area contributed by atoms with Gasteiger partial charge in [0.05, 0.1) is 6.10 Å². The highest BCUT2D eigenvalue weighted by atomic mass is 35.5. The average Bonchev–Trinajstić information content (AvgIpc) is 2.98. The molecule has 3 aliphatic rings. The molecule has 3 N–H and O–H groups in total. The monoisotopic (exact) mass is 592 g/mol. The van der Waals surface area contributed by atoms with E-state index in [4.69, 9.17) is 4.74 Å². The Labute approximate surface area is 251 Å². The van der Waals surface area contributed by atoms with Crippen LogP contribution in [0.3, 0.4) is 0 Å². The molecular weight excluding hydrogens is 544 g/mol. The number of methoxy groups -OCH3 is 1. The maximum absolute atomic E-state index is 13.8. The molecule has 0 bridgehead atoms. The van der Waals surface area contributed by atoms with Crippen LogP contribution in [0.15, 0.2) is 24.3 Å². The summed E-state index contributed by atoms with van der Waals surface area (Å²) in [6, 6.07) is 6.83. The summed E-state index contributed by atoms with van der Waals surface area (Å²) in [6.45, 7) is 5.95. The smallest absolute Gasteiger partial charge is 0.251 e. The fourth-order valence-electron chi connectivity index (χ4n) is 6.58. The maximum Gasteiger partial charge on any atom is 0.251 e. The summed E-state index contributed by atoms with van der Waals surface area (Å²) in [5, 5.41) is 17.0. The summed E-state index contributed by atoms with van der Waals surface area (Å²) in [5.74, 6) is -0.242. The Kier molecular flexibility index (Phi) is 12.9. The third-order valence-corrected chi connectivity index (χ3v) is 9.08. The number of ether oxygens (including phenoxy) is 1. The van der Waals surface area contributed by atoms with E-state index in [0.29, 0.717) is 51.2 Å². The number of piperidine rings is 1. The summed E-state index contributed by atoms with van der Waals surface area (Å²) >= 11 is 0. The van der Waals surface area contributed by atoms with Gasteiger partial charge in [0, 0.05) is 52.0 Å². The molecule has 2 heterocycles. The van der Waals surface area contributed by atoms with Gasteiger partial charge >= 0.3 is 0 Å². The van der Waals surface area contributed by atoms with Gasteiger partial charge in [-0.2, -0.15) is 0 Å². The number of carbonyl (C=O) groups is 3. The van der Waals surface area contributed by atoms with E-state index in [0.717, 1.165) is 57.1 Å². The van der Waals surface area contributed by atoms with E-state index in [9.17, 15) is 19.5 Å². The fourth-order valence-corrected chi connectivity index (χ4v) is 6.58. The number of likely N-dealkylation sites (tertiary alicyclic amines) is 1. The molecule has 0 unspecified atom stereocenters. The largest absolute Gasteiger partial charge is 0.390 e. The summed E-state index contributed by atoms with van der Waals surface area (Å²) in [5.41, 5.74) is 0.887. The molecule has 1 aromatic carbocycles. The van der Waals surface area contributed by atoms with Crippen LogP contribution in [-0.2, 0) is 20.9 Å². The number of aliphatic hydroxyl groups is 1. The molecule has 10 heteroatoms. The number of rotatable bonds is 12. The zero-order valence-corrected chi connectivity index (χ0v) is 25.6. The van der Waals surface area contributed by atoms with Crippen molar-refractivity contribution in [2.45, 2.75) is 95.4 Å². The molecule has 4 rings (SSSR count). The van der Waals surface area contributed by atoms with Crippen LogP contribution in [0.2, 0.25) is 0 Å². The third-order valence-electron chi connectivity index (χ3n) is 9.08. The summed E-state index contributed by atoms with van der Waals surface area (Å²) in [4.78, 5) is 44.0. The molecule has 1 aliphatic carbocycles. The minimum atomic E-state index is -0.851. The van der Waals surface area contributed by atoms with Crippen LogP contribution in [0.5, 0.6) is 0 Å². The van der Waals surface area contributed by atoms with Gasteiger partial charge in [0.2, 0.25) is 11.8 Å². The average molecular weight is 593 g/mol. The Morgan fingerprint density at radius 1 is 1.12 bits per heavy atom. The van der Waals surface area contributed by atoms with Crippen LogP contribution in [-0.4, -0.2) is 90.2 Å². The van der Waals surface area contributed by atoms with Gasteiger partial charge in [-0.25, -0.2) is 0 Å². The number of benzene rings is 1. The molecule has 0 aromatic heterocycles. The standard InChI is InChI=1S/C31H48N4O5.ClH/c1-3-4-18-35-29(38)26(27(36)24-9-6-5-7-10-24)33-30(39)31(35)15-19-34(20-16-31)22-23-11-13-25(14-12-23)28(37)32-17-8-21-40-2;/h11-14,24,26-27,36H,3-10,15-22H2,1-2H3,(H,32,37)(H,33,39);1H/t26-,27-;/m1./s1. The second-order valence-corrected chi connectivity index (χ2v) is 11.8. The van der Waals surface area contributed by atoms with E-state index in [1.807, 2.05) is 29.2 Å². The predicted molar refractivity (Wildman–Crippen MR) is 161 cm³/mol. The Balaban J connectivity index is 0.00000462. The van der Waals surface area contributed by atoms with Gasteiger partial charge in [-0.1, -0.05) is 44.7 Å². The van der Waals surface area contributed by atoms with E-state index in [1.54, 1.807) is 7.11 Å². The van der Waals surface area contributed by atoms with Crippen LogP contribution >= 0.6 is 12.4 Å². The van der Waals surface area contributed by atoms with Crippen LogP contribution in [0.4, 0.5) is 0 Å². The first-order valence-electron chi connectivity index (χ1n) is 15.3. The molecule has 3 amide bonds. The summed E-state index contributed by atoms with van der Waals surface area (Å²) in [6.07, 6.45) is 8.00. The Hall–Kier alpha value is -2.20. The lowest BCUT2D eigenvalue weighted by Crippen LogP contribution is -2.75. The van der Waals surface area contributed by atoms with Gasteiger partial charge in [0.15, 0.2) is 0 Å². The molecule has 2 aliphatic heterocycles. The number of halogens is 1. The first kappa shape index (κ1) is 33.3. The normalized spacial score (nSPS) is 22.2. The topological polar surface area (TPSA) is 111 Å². The van der Waals surface area contributed by atoms with Crippen LogP contribution in [0.25, 0.3) is 0 Å². The zero-order chi connectivity index (χ0) is 28.5. The number of unbranched alkanes of at least 4 members (excludes halogenated alkanes) is 1. The molecule has 1 aromatic rings. The van der Waals surface area contributed by atoms with Crippen LogP contribution < -0.4 is 10.6 Å². The molecule has 2 atom stereocenters. The van der Waals surface area contributed by atoms with Crippen molar-refractivity contribution in [3.05, 3.63) is 35.4 Å².